The van der Waals surface area contributed by atoms with Crippen molar-refractivity contribution in [2.75, 3.05) is 6.54 Å². The standard InChI is InChI=1S/C14H16F3N3/c15-14(16,17)11-20-9-7-13(19-20)10-18-8-6-12-4-2-1-3-5-12/h1-5,7,9,18H,6,8,10-11H2. The summed E-state index contributed by atoms with van der Waals surface area (Å²) in [5.41, 5.74) is 1.84. The number of benzene rings is 1. The molecule has 0 amide bonds. The molecule has 1 aromatic heterocycles. The van der Waals surface area contributed by atoms with Crippen molar-refractivity contribution < 1.29 is 13.2 Å². The molecule has 2 rings (SSSR count). The molecule has 3 nitrogen and oxygen atoms in total. The first-order valence-corrected chi connectivity index (χ1v) is 6.37. The Bertz CT molecular complexity index is 520. The van der Waals surface area contributed by atoms with E-state index in [2.05, 4.69) is 10.4 Å². The molecule has 20 heavy (non-hydrogen) atoms. The number of hydrogen-bond donors (Lipinski definition) is 1. The third-order valence-electron chi connectivity index (χ3n) is 2.78. The molecule has 108 valence electrons. The van der Waals surface area contributed by atoms with E-state index >= 15 is 0 Å². The molecule has 0 aliphatic carbocycles. The predicted molar refractivity (Wildman–Crippen MR) is 70.1 cm³/mol. The van der Waals surface area contributed by atoms with E-state index in [0.29, 0.717) is 12.2 Å². The molecule has 1 heterocycles. The lowest BCUT2D eigenvalue weighted by molar-refractivity contribution is -0.142. The molecule has 0 radical (unpaired) electrons. The van der Waals surface area contributed by atoms with E-state index in [0.717, 1.165) is 17.6 Å². The summed E-state index contributed by atoms with van der Waals surface area (Å²) >= 11 is 0. The summed E-state index contributed by atoms with van der Waals surface area (Å²) in [5, 5.41) is 7.04. The molecule has 0 bridgehead atoms. The summed E-state index contributed by atoms with van der Waals surface area (Å²) in [5.74, 6) is 0. The van der Waals surface area contributed by atoms with E-state index < -0.39 is 12.7 Å². The van der Waals surface area contributed by atoms with Gasteiger partial charge in [-0.3, -0.25) is 4.68 Å². The number of nitrogens with one attached hydrogen (secondary N) is 1. The molecule has 0 aliphatic heterocycles. The summed E-state index contributed by atoms with van der Waals surface area (Å²) in [6, 6.07) is 11.6. The highest BCUT2D eigenvalue weighted by Gasteiger charge is 2.28. The van der Waals surface area contributed by atoms with Crippen LogP contribution in [0.3, 0.4) is 0 Å². The Morgan fingerprint density at radius 2 is 1.85 bits per heavy atom. The molecule has 0 unspecified atom stereocenters. The normalized spacial score (nSPS) is 11.8. The highest BCUT2D eigenvalue weighted by Crippen LogP contribution is 2.16. The average molecular weight is 283 g/mol. The fraction of sp³-hybridized carbons (Fsp3) is 0.357. The summed E-state index contributed by atoms with van der Waals surface area (Å²) in [7, 11) is 0. The quantitative estimate of drug-likeness (QED) is 0.826. The number of aromatic nitrogens is 2. The Morgan fingerprint density at radius 1 is 1.10 bits per heavy atom. The molecule has 1 aromatic carbocycles. The largest absolute Gasteiger partial charge is 0.408 e. The second-order valence-corrected chi connectivity index (χ2v) is 4.53. The van der Waals surface area contributed by atoms with Gasteiger partial charge in [-0.15, -0.1) is 0 Å². The van der Waals surface area contributed by atoms with Gasteiger partial charge in [-0.25, -0.2) is 0 Å². The smallest absolute Gasteiger partial charge is 0.311 e. The van der Waals surface area contributed by atoms with Crippen LogP contribution in [0.15, 0.2) is 42.6 Å². The molecular weight excluding hydrogens is 267 g/mol. The van der Waals surface area contributed by atoms with Crippen LogP contribution in [-0.2, 0) is 19.5 Å². The molecule has 0 saturated carbocycles. The Kier molecular flexibility index (Phi) is 4.79. The van der Waals surface area contributed by atoms with E-state index in [9.17, 15) is 13.2 Å². The van der Waals surface area contributed by atoms with E-state index in [1.807, 2.05) is 30.3 Å². The maximum atomic E-state index is 12.2. The summed E-state index contributed by atoms with van der Waals surface area (Å²) < 4.78 is 37.4. The Morgan fingerprint density at radius 3 is 2.55 bits per heavy atom. The van der Waals surface area contributed by atoms with E-state index in [1.54, 1.807) is 6.07 Å². The van der Waals surface area contributed by atoms with Crippen LogP contribution >= 0.6 is 0 Å². The van der Waals surface area contributed by atoms with Gasteiger partial charge in [-0.05, 0) is 24.6 Å². The second-order valence-electron chi connectivity index (χ2n) is 4.53. The Hall–Kier alpha value is -1.82. The molecule has 0 aliphatic rings. The molecular formula is C14H16F3N3. The Balaban J connectivity index is 1.72. The van der Waals surface area contributed by atoms with Gasteiger partial charge in [0.15, 0.2) is 0 Å². The monoisotopic (exact) mass is 283 g/mol. The zero-order chi connectivity index (χ0) is 14.4. The van der Waals surface area contributed by atoms with Gasteiger partial charge in [-0.1, -0.05) is 30.3 Å². The molecule has 6 heteroatoms. The third kappa shape index (κ3) is 5.05. The van der Waals surface area contributed by atoms with Gasteiger partial charge in [-0.2, -0.15) is 18.3 Å². The first-order valence-electron chi connectivity index (χ1n) is 6.37. The maximum Gasteiger partial charge on any atom is 0.408 e. The van der Waals surface area contributed by atoms with Crippen molar-refractivity contribution in [2.24, 2.45) is 0 Å². The summed E-state index contributed by atoms with van der Waals surface area (Å²) in [6.07, 6.45) is -2.00. The van der Waals surface area contributed by atoms with Gasteiger partial charge in [0.1, 0.15) is 6.54 Å². The van der Waals surface area contributed by atoms with Gasteiger partial charge in [0.2, 0.25) is 0 Å². The van der Waals surface area contributed by atoms with Crippen LogP contribution in [0.2, 0.25) is 0 Å². The summed E-state index contributed by atoms with van der Waals surface area (Å²) in [4.78, 5) is 0. The maximum absolute atomic E-state index is 12.2. The van der Waals surface area contributed by atoms with Crippen molar-refractivity contribution in [3.05, 3.63) is 53.9 Å². The lowest BCUT2D eigenvalue weighted by Gasteiger charge is -2.06. The highest BCUT2D eigenvalue weighted by atomic mass is 19.4. The molecule has 1 N–H and O–H groups in total. The first kappa shape index (κ1) is 14.6. The number of hydrogen-bond acceptors (Lipinski definition) is 2. The van der Waals surface area contributed by atoms with Gasteiger partial charge >= 0.3 is 6.18 Å². The SMILES string of the molecule is FC(F)(F)Cn1ccc(CNCCc2ccccc2)n1. The lowest BCUT2D eigenvalue weighted by atomic mass is 10.1. The first-order chi connectivity index (χ1) is 9.53. The number of alkyl halides is 3. The lowest BCUT2D eigenvalue weighted by Crippen LogP contribution is -2.19. The molecule has 0 saturated heterocycles. The van der Waals surface area contributed by atoms with Crippen LogP contribution < -0.4 is 5.32 Å². The van der Waals surface area contributed by atoms with Crippen LogP contribution in [-0.4, -0.2) is 22.5 Å². The average Bonchev–Trinajstić information content (AvgIpc) is 2.81. The fourth-order valence-electron chi connectivity index (χ4n) is 1.86. The third-order valence-corrected chi connectivity index (χ3v) is 2.78. The number of nitrogens with zero attached hydrogens (tertiary/aromatic N) is 2. The van der Waals surface area contributed by atoms with Gasteiger partial charge < -0.3 is 5.32 Å². The van der Waals surface area contributed by atoms with E-state index in [-0.39, 0.29) is 0 Å². The van der Waals surface area contributed by atoms with Crippen molar-refractivity contribution in [3.8, 4) is 0 Å². The molecule has 0 fully saturated rings. The minimum Gasteiger partial charge on any atom is -0.311 e. The number of rotatable bonds is 6. The topological polar surface area (TPSA) is 29.9 Å². The van der Waals surface area contributed by atoms with Crippen molar-refractivity contribution in [1.82, 2.24) is 15.1 Å². The molecule has 0 atom stereocenters. The second kappa shape index (κ2) is 6.56. The van der Waals surface area contributed by atoms with Crippen LogP contribution in [0.5, 0.6) is 0 Å². The zero-order valence-corrected chi connectivity index (χ0v) is 10.9. The van der Waals surface area contributed by atoms with Crippen LogP contribution in [0.1, 0.15) is 11.3 Å². The number of halogens is 3. The van der Waals surface area contributed by atoms with Gasteiger partial charge in [0.25, 0.3) is 0 Å². The van der Waals surface area contributed by atoms with E-state index in [4.69, 9.17) is 0 Å². The highest BCUT2D eigenvalue weighted by molar-refractivity contribution is 5.14. The van der Waals surface area contributed by atoms with Gasteiger partial charge in [0, 0.05) is 12.7 Å². The van der Waals surface area contributed by atoms with Crippen molar-refractivity contribution in [2.45, 2.75) is 25.7 Å². The summed E-state index contributed by atoms with van der Waals surface area (Å²) in [6.45, 7) is 0.185. The fourth-order valence-corrected chi connectivity index (χ4v) is 1.86. The van der Waals surface area contributed by atoms with Gasteiger partial charge in [0.05, 0.1) is 5.69 Å². The van der Waals surface area contributed by atoms with Crippen LogP contribution in [0.4, 0.5) is 13.2 Å². The zero-order valence-electron chi connectivity index (χ0n) is 10.9. The Labute approximate surface area is 115 Å². The molecule has 0 spiro atoms. The van der Waals surface area contributed by atoms with Crippen molar-refractivity contribution in [1.29, 1.82) is 0 Å². The minimum absolute atomic E-state index is 0.470. The van der Waals surface area contributed by atoms with E-state index in [1.165, 1.54) is 11.8 Å². The van der Waals surface area contributed by atoms with Crippen molar-refractivity contribution >= 4 is 0 Å². The predicted octanol–water partition coefficient (Wildman–Crippen LogP) is 2.78. The van der Waals surface area contributed by atoms with Crippen LogP contribution in [0, 0.1) is 0 Å². The van der Waals surface area contributed by atoms with Crippen LogP contribution in [0.25, 0.3) is 0 Å². The van der Waals surface area contributed by atoms with Crippen molar-refractivity contribution in [3.63, 3.8) is 0 Å². The molecule has 2 aromatic rings. The minimum atomic E-state index is -4.23.